The largest absolute Gasteiger partial charge is 0.504 e. The average molecular weight is 368 g/mol. The summed E-state index contributed by atoms with van der Waals surface area (Å²) in [4.78, 5) is 25.8. The number of rotatable bonds is 8. The summed E-state index contributed by atoms with van der Waals surface area (Å²) in [5.41, 5.74) is 1.04. The molecule has 1 N–H and O–H groups in total. The number of ketones is 1. The van der Waals surface area contributed by atoms with Gasteiger partial charge in [-0.15, -0.1) is 0 Å². The highest BCUT2D eigenvalue weighted by Gasteiger charge is 2.45. The van der Waals surface area contributed by atoms with Crippen molar-refractivity contribution in [3.8, 4) is 0 Å². The van der Waals surface area contributed by atoms with Crippen LogP contribution >= 0.6 is 0 Å². The first-order valence-electron chi connectivity index (χ1n) is 10.3. The van der Waals surface area contributed by atoms with Crippen LogP contribution in [-0.2, 0) is 14.3 Å². The van der Waals surface area contributed by atoms with Crippen LogP contribution in [0.4, 0.5) is 0 Å². The number of benzene rings is 1. The molecule has 2 aliphatic carbocycles. The van der Waals surface area contributed by atoms with Gasteiger partial charge in [0.15, 0.2) is 11.9 Å². The van der Waals surface area contributed by atoms with Gasteiger partial charge in [-0.3, -0.25) is 4.79 Å². The summed E-state index contributed by atoms with van der Waals surface area (Å²) >= 11 is 0. The molecule has 3 aliphatic rings. The van der Waals surface area contributed by atoms with Crippen molar-refractivity contribution in [2.45, 2.75) is 63.9 Å². The summed E-state index contributed by atoms with van der Waals surface area (Å²) in [5.74, 6) is -0.268. The second kappa shape index (κ2) is 7.49. The molecule has 2 fully saturated rings. The van der Waals surface area contributed by atoms with Crippen molar-refractivity contribution in [1.29, 1.82) is 0 Å². The number of esters is 1. The van der Waals surface area contributed by atoms with Crippen molar-refractivity contribution in [1.82, 2.24) is 0 Å². The minimum Gasteiger partial charge on any atom is -0.504 e. The number of carbonyl (C=O) groups excluding carboxylic acids is 2. The van der Waals surface area contributed by atoms with Gasteiger partial charge in [0.2, 0.25) is 5.78 Å². The molecule has 144 valence electrons. The Labute approximate surface area is 160 Å². The number of aliphatic hydroxyl groups excluding tert-OH is 1. The van der Waals surface area contributed by atoms with E-state index in [1.807, 2.05) is 37.3 Å². The molecule has 4 rings (SSSR count). The van der Waals surface area contributed by atoms with Crippen LogP contribution in [0.1, 0.15) is 63.4 Å². The SMILES string of the molecule is CCC(C1=C(O)C(=O)C(C(CC2CC2)CC2CC2)OC1=O)c1ccccc1. The smallest absolute Gasteiger partial charge is 0.339 e. The van der Waals surface area contributed by atoms with Gasteiger partial charge >= 0.3 is 5.97 Å². The van der Waals surface area contributed by atoms with Crippen molar-refractivity contribution >= 4 is 11.8 Å². The first kappa shape index (κ1) is 18.3. The van der Waals surface area contributed by atoms with Crippen LogP contribution in [0.3, 0.4) is 0 Å². The molecule has 2 saturated carbocycles. The number of hydrogen-bond acceptors (Lipinski definition) is 4. The third kappa shape index (κ3) is 3.95. The number of cyclic esters (lactones) is 1. The lowest BCUT2D eigenvalue weighted by atomic mass is 9.82. The van der Waals surface area contributed by atoms with Gasteiger partial charge < -0.3 is 9.84 Å². The van der Waals surface area contributed by atoms with Gasteiger partial charge in [0.25, 0.3) is 0 Å². The van der Waals surface area contributed by atoms with Crippen molar-refractivity contribution in [3.63, 3.8) is 0 Å². The minimum atomic E-state index is -0.810. The van der Waals surface area contributed by atoms with Gasteiger partial charge in [-0.1, -0.05) is 62.9 Å². The molecule has 4 heteroatoms. The van der Waals surface area contributed by atoms with Crippen LogP contribution < -0.4 is 0 Å². The monoisotopic (exact) mass is 368 g/mol. The van der Waals surface area contributed by atoms with E-state index in [4.69, 9.17) is 4.74 Å². The van der Waals surface area contributed by atoms with E-state index >= 15 is 0 Å². The predicted octanol–water partition coefficient (Wildman–Crippen LogP) is 4.70. The fraction of sp³-hybridized carbons (Fsp3) is 0.565. The highest BCUT2D eigenvalue weighted by Crippen LogP contribution is 2.45. The van der Waals surface area contributed by atoms with Crippen LogP contribution in [0, 0.1) is 17.8 Å². The summed E-state index contributed by atoms with van der Waals surface area (Å²) in [5, 5.41) is 10.7. The Bertz CT molecular complexity index is 729. The van der Waals surface area contributed by atoms with E-state index in [1.54, 1.807) is 0 Å². The second-order valence-corrected chi connectivity index (χ2v) is 8.44. The zero-order chi connectivity index (χ0) is 19.0. The average Bonchev–Trinajstić information content (AvgIpc) is 3.58. The first-order valence-corrected chi connectivity index (χ1v) is 10.3. The molecule has 1 heterocycles. The summed E-state index contributed by atoms with van der Waals surface area (Å²) in [6.07, 6.45) is 6.48. The number of carbonyl (C=O) groups is 2. The number of hydrogen-bond donors (Lipinski definition) is 1. The fourth-order valence-corrected chi connectivity index (χ4v) is 4.41. The van der Waals surface area contributed by atoms with Crippen LogP contribution in [0.2, 0.25) is 0 Å². The van der Waals surface area contributed by atoms with E-state index in [-0.39, 0.29) is 23.2 Å². The number of ether oxygens (including phenoxy) is 1. The summed E-state index contributed by atoms with van der Waals surface area (Å²) in [7, 11) is 0. The highest BCUT2D eigenvalue weighted by molar-refractivity contribution is 6.09. The summed E-state index contributed by atoms with van der Waals surface area (Å²) < 4.78 is 5.70. The van der Waals surface area contributed by atoms with E-state index in [0.29, 0.717) is 18.3 Å². The first-order chi connectivity index (χ1) is 13.1. The highest BCUT2D eigenvalue weighted by atomic mass is 16.6. The third-order valence-electron chi connectivity index (χ3n) is 6.25. The minimum absolute atomic E-state index is 0.0435. The molecule has 0 aromatic heterocycles. The van der Waals surface area contributed by atoms with Gasteiger partial charge in [0.1, 0.15) is 0 Å². The van der Waals surface area contributed by atoms with Gasteiger partial charge in [-0.2, -0.15) is 0 Å². The van der Waals surface area contributed by atoms with Crippen molar-refractivity contribution in [2.75, 3.05) is 0 Å². The molecule has 0 bridgehead atoms. The van der Waals surface area contributed by atoms with E-state index in [1.165, 1.54) is 25.7 Å². The van der Waals surface area contributed by atoms with Gasteiger partial charge in [0.05, 0.1) is 5.57 Å². The molecule has 27 heavy (non-hydrogen) atoms. The number of aliphatic hydroxyl groups is 1. The van der Waals surface area contributed by atoms with Crippen LogP contribution in [0.15, 0.2) is 41.7 Å². The summed E-state index contributed by atoms with van der Waals surface area (Å²) in [6.45, 7) is 1.95. The molecule has 1 aromatic rings. The van der Waals surface area contributed by atoms with Crippen molar-refractivity contribution in [3.05, 3.63) is 47.2 Å². The zero-order valence-corrected chi connectivity index (χ0v) is 15.9. The maximum absolute atomic E-state index is 13.0. The van der Waals surface area contributed by atoms with Gasteiger partial charge in [-0.05, 0) is 36.7 Å². The molecule has 1 aromatic carbocycles. The third-order valence-corrected chi connectivity index (χ3v) is 6.25. The molecule has 0 spiro atoms. The second-order valence-electron chi connectivity index (χ2n) is 8.44. The fourth-order valence-electron chi connectivity index (χ4n) is 4.41. The Morgan fingerprint density at radius 1 is 1.04 bits per heavy atom. The van der Waals surface area contributed by atoms with E-state index < -0.39 is 17.9 Å². The number of Topliss-reactive ketones (excluding diaryl/α,β-unsaturated/α-hetero) is 1. The topological polar surface area (TPSA) is 63.6 Å². The Balaban J connectivity index is 1.60. The van der Waals surface area contributed by atoms with E-state index in [0.717, 1.165) is 18.4 Å². The Morgan fingerprint density at radius 3 is 2.15 bits per heavy atom. The predicted molar refractivity (Wildman–Crippen MR) is 102 cm³/mol. The van der Waals surface area contributed by atoms with Crippen molar-refractivity contribution < 1.29 is 19.4 Å². The molecule has 0 saturated heterocycles. The molecule has 0 amide bonds. The maximum Gasteiger partial charge on any atom is 0.339 e. The lowest BCUT2D eigenvalue weighted by molar-refractivity contribution is -0.158. The van der Waals surface area contributed by atoms with Crippen LogP contribution in [0.25, 0.3) is 0 Å². The molecule has 2 unspecified atom stereocenters. The molecule has 4 nitrogen and oxygen atoms in total. The standard InChI is InChI=1S/C23H28O4/c1-2-18(16-6-4-3-5-7-16)19-20(24)21(25)22(27-23(19)26)17(12-14-8-9-14)13-15-10-11-15/h3-7,14-15,17-18,22,24H,2,8-13H2,1H3. The van der Waals surface area contributed by atoms with E-state index in [9.17, 15) is 14.7 Å². The van der Waals surface area contributed by atoms with Gasteiger partial charge in [0, 0.05) is 11.8 Å². The quantitative estimate of drug-likeness (QED) is 0.675. The van der Waals surface area contributed by atoms with E-state index in [2.05, 4.69) is 0 Å². The Morgan fingerprint density at radius 2 is 1.63 bits per heavy atom. The molecule has 1 aliphatic heterocycles. The van der Waals surface area contributed by atoms with Crippen LogP contribution in [-0.4, -0.2) is 23.0 Å². The molecular formula is C23H28O4. The Hall–Kier alpha value is -2.10. The Kier molecular flexibility index (Phi) is 5.07. The molecular weight excluding hydrogens is 340 g/mol. The van der Waals surface area contributed by atoms with Gasteiger partial charge in [-0.25, -0.2) is 4.79 Å². The van der Waals surface area contributed by atoms with Crippen LogP contribution in [0.5, 0.6) is 0 Å². The molecule has 2 atom stereocenters. The zero-order valence-electron chi connectivity index (χ0n) is 15.9. The van der Waals surface area contributed by atoms with Crippen molar-refractivity contribution in [2.24, 2.45) is 17.8 Å². The maximum atomic E-state index is 13.0. The summed E-state index contributed by atoms with van der Waals surface area (Å²) in [6, 6.07) is 9.54. The lowest BCUT2D eigenvalue weighted by Gasteiger charge is -2.32. The molecule has 0 radical (unpaired) electrons. The normalized spacial score (nSPS) is 24.3. The lowest BCUT2D eigenvalue weighted by Crippen LogP contribution is -2.42.